The standard InChI is InChI=1S/C18H15N3O3/c22-17-7-6-16(15-5-2-9-19-12-15)20-21(17)10-8-13-3-1-4-14(11-13)18(23)24/h1-7,9,11-12H,8,10H2,(H,23,24). The Labute approximate surface area is 138 Å². The highest BCUT2D eigenvalue weighted by atomic mass is 16.4. The first-order chi connectivity index (χ1) is 11.6. The summed E-state index contributed by atoms with van der Waals surface area (Å²) >= 11 is 0. The van der Waals surface area contributed by atoms with E-state index in [9.17, 15) is 9.59 Å². The SMILES string of the molecule is O=C(O)c1cccc(CCn2nc(-c3cccnc3)ccc2=O)c1. The zero-order valence-corrected chi connectivity index (χ0v) is 12.8. The number of hydrogen-bond acceptors (Lipinski definition) is 4. The molecule has 0 amide bonds. The first-order valence-corrected chi connectivity index (χ1v) is 7.44. The fourth-order valence-corrected chi connectivity index (χ4v) is 2.37. The molecule has 0 atom stereocenters. The number of carboxylic acid groups (broad SMARTS) is 1. The molecule has 0 aliphatic heterocycles. The number of hydrogen-bond donors (Lipinski definition) is 1. The number of aryl methyl sites for hydroxylation is 2. The summed E-state index contributed by atoms with van der Waals surface area (Å²) in [6.07, 6.45) is 3.88. The molecule has 0 saturated heterocycles. The number of nitrogens with zero attached hydrogens (tertiary/aromatic N) is 3. The molecular formula is C18H15N3O3. The molecule has 0 spiro atoms. The summed E-state index contributed by atoms with van der Waals surface area (Å²) in [5, 5.41) is 13.4. The molecule has 0 fully saturated rings. The maximum Gasteiger partial charge on any atom is 0.335 e. The van der Waals surface area contributed by atoms with Crippen molar-refractivity contribution in [3.05, 3.63) is 82.4 Å². The molecule has 2 aromatic heterocycles. The van der Waals surface area contributed by atoms with Crippen LogP contribution in [0.4, 0.5) is 0 Å². The van der Waals surface area contributed by atoms with Crippen LogP contribution in [0.25, 0.3) is 11.3 Å². The molecule has 6 heteroatoms. The zero-order chi connectivity index (χ0) is 16.9. The van der Waals surface area contributed by atoms with Crippen LogP contribution in [-0.4, -0.2) is 25.8 Å². The van der Waals surface area contributed by atoms with E-state index >= 15 is 0 Å². The summed E-state index contributed by atoms with van der Waals surface area (Å²) in [7, 11) is 0. The smallest absolute Gasteiger partial charge is 0.335 e. The largest absolute Gasteiger partial charge is 0.478 e. The van der Waals surface area contributed by atoms with Gasteiger partial charge in [-0.2, -0.15) is 5.10 Å². The van der Waals surface area contributed by atoms with Gasteiger partial charge >= 0.3 is 5.97 Å². The molecule has 120 valence electrons. The molecule has 2 heterocycles. The van der Waals surface area contributed by atoms with Crippen LogP contribution in [0.3, 0.4) is 0 Å². The fraction of sp³-hybridized carbons (Fsp3) is 0.111. The van der Waals surface area contributed by atoms with Crippen molar-refractivity contribution < 1.29 is 9.90 Å². The minimum atomic E-state index is -0.967. The maximum atomic E-state index is 12.0. The van der Waals surface area contributed by atoms with E-state index in [1.165, 1.54) is 10.7 Å². The molecule has 6 nitrogen and oxygen atoms in total. The van der Waals surface area contributed by atoms with Crippen LogP contribution >= 0.6 is 0 Å². The van der Waals surface area contributed by atoms with Crippen molar-refractivity contribution in [1.82, 2.24) is 14.8 Å². The quantitative estimate of drug-likeness (QED) is 0.779. The number of rotatable bonds is 5. The molecule has 0 saturated carbocycles. The number of pyridine rings is 1. The molecule has 24 heavy (non-hydrogen) atoms. The van der Waals surface area contributed by atoms with Gasteiger partial charge in [0.1, 0.15) is 0 Å². The van der Waals surface area contributed by atoms with E-state index in [4.69, 9.17) is 5.11 Å². The third-order valence-electron chi connectivity index (χ3n) is 3.61. The minimum absolute atomic E-state index is 0.197. The van der Waals surface area contributed by atoms with E-state index in [-0.39, 0.29) is 11.1 Å². The van der Waals surface area contributed by atoms with E-state index < -0.39 is 5.97 Å². The molecular weight excluding hydrogens is 306 g/mol. The number of carbonyl (C=O) groups is 1. The van der Waals surface area contributed by atoms with Gasteiger partial charge in [-0.15, -0.1) is 0 Å². The molecule has 0 bridgehead atoms. The lowest BCUT2D eigenvalue weighted by Gasteiger charge is -2.07. The average molecular weight is 321 g/mol. The number of aromatic carboxylic acids is 1. The molecule has 0 radical (unpaired) electrons. The molecule has 0 aliphatic carbocycles. The third-order valence-corrected chi connectivity index (χ3v) is 3.61. The first kappa shape index (κ1) is 15.6. The van der Waals surface area contributed by atoms with Gasteiger partial charge in [0.2, 0.25) is 0 Å². The highest BCUT2D eigenvalue weighted by molar-refractivity contribution is 5.87. The highest BCUT2D eigenvalue weighted by Crippen LogP contribution is 2.13. The van der Waals surface area contributed by atoms with Crippen LogP contribution in [0.1, 0.15) is 15.9 Å². The Morgan fingerprint density at radius 1 is 1.12 bits per heavy atom. The van der Waals surface area contributed by atoms with E-state index in [1.54, 1.807) is 36.7 Å². The monoisotopic (exact) mass is 321 g/mol. The Hall–Kier alpha value is -3.28. The van der Waals surface area contributed by atoms with Gasteiger partial charge in [0.05, 0.1) is 11.3 Å². The summed E-state index contributed by atoms with van der Waals surface area (Å²) in [5.41, 5.74) is 2.38. The second-order valence-electron chi connectivity index (χ2n) is 5.28. The fourth-order valence-electron chi connectivity index (χ4n) is 2.37. The highest BCUT2D eigenvalue weighted by Gasteiger charge is 2.06. The van der Waals surface area contributed by atoms with E-state index in [0.29, 0.717) is 18.7 Å². The second-order valence-corrected chi connectivity index (χ2v) is 5.28. The first-order valence-electron chi connectivity index (χ1n) is 7.44. The molecule has 0 aliphatic rings. The molecule has 3 rings (SSSR count). The van der Waals surface area contributed by atoms with Crippen molar-refractivity contribution in [3.63, 3.8) is 0 Å². The summed E-state index contributed by atoms with van der Waals surface area (Å²) in [4.78, 5) is 27.0. The number of benzene rings is 1. The molecule has 1 aromatic carbocycles. The Balaban J connectivity index is 1.81. The van der Waals surface area contributed by atoms with Crippen molar-refractivity contribution in [2.45, 2.75) is 13.0 Å². The van der Waals surface area contributed by atoms with Crippen molar-refractivity contribution >= 4 is 5.97 Å². The Morgan fingerprint density at radius 3 is 2.75 bits per heavy atom. The lowest BCUT2D eigenvalue weighted by Crippen LogP contribution is -2.23. The van der Waals surface area contributed by atoms with Gasteiger partial charge in [0.25, 0.3) is 5.56 Å². The Bertz CT molecular complexity index is 920. The van der Waals surface area contributed by atoms with Gasteiger partial charge in [0.15, 0.2) is 0 Å². The minimum Gasteiger partial charge on any atom is -0.478 e. The Morgan fingerprint density at radius 2 is 2.00 bits per heavy atom. The van der Waals surface area contributed by atoms with Crippen LogP contribution in [-0.2, 0) is 13.0 Å². The van der Waals surface area contributed by atoms with Crippen LogP contribution in [0, 0.1) is 0 Å². The molecule has 3 aromatic rings. The van der Waals surface area contributed by atoms with E-state index in [2.05, 4.69) is 10.1 Å². The van der Waals surface area contributed by atoms with Gasteiger partial charge in [0, 0.05) is 30.6 Å². The summed E-state index contributed by atoms with van der Waals surface area (Å²) in [5.74, 6) is -0.967. The summed E-state index contributed by atoms with van der Waals surface area (Å²) in [6, 6.07) is 13.5. The van der Waals surface area contributed by atoms with E-state index in [1.807, 2.05) is 18.2 Å². The maximum absolute atomic E-state index is 12.0. The van der Waals surface area contributed by atoms with Gasteiger partial charge in [-0.3, -0.25) is 9.78 Å². The molecule has 1 N–H and O–H groups in total. The van der Waals surface area contributed by atoms with Crippen LogP contribution < -0.4 is 5.56 Å². The number of carboxylic acids is 1. The van der Waals surface area contributed by atoms with Crippen molar-refractivity contribution in [3.8, 4) is 11.3 Å². The van der Waals surface area contributed by atoms with Crippen molar-refractivity contribution in [2.24, 2.45) is 0 Å². The topological polar surface area (TPSA) is 85.1 Å². The van der Waals surface area contributed by atoms with Crippen molar-refractivity contribution in [1.29, 1.82) is 0 Å². The summed E-state index contributed by atoms with van der Waals surface area (Å²) in [6.45, 7) is 0.371. The zero-order valence-electron chi connectivity index (χ0n) is 12.8. The predicted octanol–water partition coefficient (Wildman–Crippen LogP) is 2.25. The van der Waals surface area contributed by atoms with Crippen molar-refractivity contribution in [2.75, 3.05) is 0 Å². The van der Waals surface area contributed by atoms with E-state index in [0.717, 1.165) is 11.1 Å². The lowest BCUT2D eigenvalue weighted by atomic mass is 10.1. The lowest BCUT2D eigenvalue weighted by molar-refractivity contribution is 0.0696. The summed E-state index contributed by atoms with van der Waals surface area (Å²) < 4.78 is 1.38. The van der Waals surface area contributed by atoms with Gasteiger partial charge in [-0.1, -0.05) is 12.1 Å². The second kappa shape index (κ2) is 6.87. The normalized spacial score (nSPS) is 10.5. The van der Waals surface area contributed by atoms with Gasteiger partial charge < -0.3 is 5.11 Å². The Kier molecular flexibility index (Phi) is 4.47. The van der Waals surface area contributed by atoms with Gasteiger partial charge in [-0.25, -0.2) is 9.48 Å². The van der Waals surface area contributed by atoms with Crippen LogP contribution in [0.15, 0.2) is 65.7 Å². The third kappa shape index (κ3) is 3.55. The van der Waals surface area contributed by atoms with Gasteiger partial charge in [-0.05, 0) is 42.3 Å². The average Bonchev–Trinajstić information content (AvgIpc) is 2.62. The predicted molar refractivity (Wildman–Crippen MR) is 88.8 cm³/mol. The molecule has 0 unspecified atom stereocenters. The number of aromatic nitrogens is 3. The van der Waals surface area contributed by atoms with Crippen LogP contribution in [0.5, 0.6) is 0 Å². The van der Waals surface area contributed by atoms with Crippen LogP contribution in [0.2, 0.25) is 0 Å².